The number of para-hydroxylation sites is 1. The van der Waals surface area contributed by atoms with Gasteiger partial charge in [0.25, 0.3) is 0 Å². The Morgan fingerprint density at radius 3 is 2.47 bits per heavy atom. The van der Waals surface area contributed by atoms with E-state index in [0.717, 1.165) is 0 Å². The molecule has 19 heavy (non-hydrogen) atoms. The number of rotatable bonds is 7. The Hall–Kier alpha value is -1.86. The van der Waals surface area contributed by atoms with Crippen LogP contribution in [0.15, 0.2) is 18.2 Å². The highest BCUT2D eigenvalue weighted by atomic mass is 16.6. The largest absolute Gasteiger partial charge is 0.490 e. The van der Waals surface area contributed by atoms with Crippen molar-refractivity contribution in [1.82, 2.24) is 0 Å². The van der Waals surface area contributed by atoms with E-state index < -0.39 is 10.5 Å². The minimum absolute atomic E-state index is 0.121. The van der Waals surface area contributed by atoms with Crippen molar-refractivity contribution >= 4 is 11.4 Å². The van der Waals surface area contributed by atoms with E-state index in [-0.39, 0.29) is 30.3 Å². The van der Waals surface area contributed by atoms with Crippen molar-refractivity contribution in [3.05, 3.63) is 28.3 Å². The number of anilines is 1. The molecular weight excluding hydrogens is 252 g/mol. The van der Waals surface area contributed by atoms with Crippen LogP contribution in [0, 0.1) is 10.1 Å². The third kappa shape index (κ3) is 3.12. The number of benzene rings is 1. The first kappa shape index (κ1) is 15.2. The minimum atomic E-state index is -1.00. The van der Waals surface area contributed by atoms with Crippen LogP contribution in [0.1, 0.15) is 13.3 Å². The van der Waals surface area contributed by atoms with E-state index in [1.54, 1.807) is 13.0 Å². The lowest BCUT2D eigenvalue weighted by atomic mass is 9.97. The molecular formula is C12H18N2O5. The molecule has 0 aliphatic rings. The average molecular weight is 270 g/mol. The molecule has 0 unspecified atom stereocenters. The summed E-state index contributed by atoms with van der Waals surface area (Å²) in [5, 5.41) is 32.7. The number of nitrogens with zero attached hydrogens (tertiary/aromatic N) is 1. The number of hydrogen-bond donors (Lipinski definition) is 3. The lowest BCUT2D eigenvalue weighted by Crippen LogP contribution is -2.45. The Balaban J connectivity index is 3.23. The summed E-state index contributed by atoms with van der Waals surface area (Å²) in [6, 6.07) is 4.59. The summed E-state index contributed by atoms with van der Waals surface area (Å²) >= 11 is 0. The smallest absolute Gasteiger partial charge is 0.333 e. The summed E-state index contributed by atoms with van der Waals surface area (Å²) in [4.78, 5) is 10.6. The van der Waals surface area contributed by atoms with Crippen molar-refractivity contribution in [2.24, 2.45) is 0 Å². The molecule has 0 aromatic heterocycles. The second-order valence-electron chi connectivity index (χ2n) is 4.19. The van der Waals surface area contributed by atoms with Gasteiger partial charge in [-0.15, -0.1) is 0 Å². The van der Waals surface area contributed by atoms with Crippen LogP contribution in [0.25, 0.3) is 0 Å². The standard InChI is InChI=1S/C12H18N2O5/c1-3-12(7-15,8-16)13-9-5-4-6-10(19-2)11(9)14(17)18/h4-6,13,15-16H,3,7-8H2,1-2H3. The first-order chi connectivity index (χ1) is 9.03. The van der Waals surface area contributed by atoms with Gasteiger partial charge in [0.05, 0.1) is 30.8 Å². The Morgan fingerprint density at radius 1 is 1.42 bits per heavy atom. The first-order valence-corrected chi connectivity index (χ1v) is 5.85. The molecule has 0 bridgehead atoms. The van der Waals surface area contributed by atoms with E-state index in [4.69, 9.17) is 4.74 Å². The number of nitro benzene ring substituents is 1. The summed E-state index contributed by atoms with van der Waals surface area (Å²) in [6.45, 7) is 1.09. The van der Waals surface area contributed by atoms with Crippen LogP contribution in [0.2, 0.25) is 0 Å². The second kappa shape index (κ2) is 6.35. The number of aliphatic hydroxyl groups excluding tert-OH is 2. The molecule has 0 fully saturated rings. The molecule has 0 saturated heterocycles. The molecule has 3 N–H and O–H groups in total. The monoisotopic (exact) mass is 270 g/mol. The van der Waals surface area contributed by atoms with E-state index in [2.05, 4.69) is 5.32 Å². The van der Waals surface area contributed by atoms with Gasteiger partial charge in [-0.25, -0.2) is 0 Å². The Bertz CT molecular complexity index is 437. The lowest BCUT2D eigenvalue weighted by Gasteiger charge is -2.30. The fraction of sp³-hybridized carbons (Fsp3) is 0.500. The molecule has 1 aromatic carbocycles. The van der Waals surface area contributed by atoms with Crippen molar-refractivity contribution in [2.75, 3.05) is 25.6 Å². The SMILES string of the molecule is CCC(CO)(CO)Nc1cccc(OC)c1[N+](=O)[O-]. The number of hydrogen-bond acceptors (Lipinski definition) is 6. The van der Waals surface area contributed by atoms with Gasteiger partial charge >= 0.3 is 5.69 Å². The molecule has 0 heterocycles. The van der Waals surface area contributed by atoms with Gasteiger partial charge in [0.15, 0.2) is 5.75 Å². The van der Waals surface area contributed by atoms with Gasteiger partial charge < -0.3 is 20.3 Å². The molecule has 0 aliphatic carbocycles. The maximum atomic E-state index is 11.1. The zero-order valence-electron chi connectivity index (χ0n) is 10.9. The van der Waals surface area contributed by atoms with Crippen LogP contribution < -0.4 is 10.1 Å². The van der Waals surface area contributed by atoms with Crippen molar-refractivity contribution < 1.29 is 19.9 Å². The van der Waals surface area contributed by atoms with Gasteiger partial charge in [-0.1, -0.05) is 13.0 Å². The summed E-state index contributed by atoms with van der Waals surface area (Å²) in [5.41, 5.74) is -1.02. The lowest BCUT2D eigenvalue weighted by molar-refractivity contribution is -0.384. The molecule has 0 saturated carbocycles. The highest BCUT2D eigenvalue weighted by Gasteiger charge is 2.30. The van der Waals surface area contributed by atoms with Crippen LogP contribution >= 0.6 is 0 Å². The second-order valence-corrected chi connectivity index (χ2v) is 4.19. The van der Waals surface area contributed by atoms with Crippen molar-refractivity contribution in [2.45, 2.75) is 18.9 Å². The molecule has 1 aromatic rings. The number of methoxy groups -OCH3 is 1. The zero-order valence-corrected chi connectivity index (χ0v) is 10.9. The summed E-state index contributed by atoms with van der Waals surface area (Å²) in [7, 11) is 1.34. The van der Waals surface area contributed by atoms with Gasteiger partial charge in [-0.05, 0) is 18.6 Å². The molecule has 7 heteroatoms. The van der Waals surface area contributed by atoms with Crippen molar-refractivity contribution in [3.8, 4) is 5.75 Å². The Morgan fingerprint density at radius 2 is 2.05 bits per heavy atom. The highest BCUT2D eigenvalue weighted by Crippen LogP contribution is 2.36. The predicted molar refractivity (Wildman–Crippen MR) is 70.5 cm³/mol. The van der Waals surface area contributed by atoms with E-state index in [9.17, 15) is 20.3 Å². The third-order valence-electron chi connectivity index (χ3n) is 3.08. The Labute approximate surface area is 111 Å². The summed E-state index contributed by atoms with van der Waals surface area (Å²) in [6.07, 6.45) is 0.411. The summed E-state index contributed by atoms with van der Waals surface area (Å²) in [5.74, 6) is 0.121. The van der Waals surface area contributed by atoms with Crippen LogP contribution in [-0.2, 0) is 0 Å². The van der Waals surface area contributed by atoms with Gasteiger partial charge in [0.1, 0.15) is 5.69 Å². The zero-order chi connectivity index (χ0) is 14.5. The number of nitrogens with one attached hydrogen (secondary N) is 1. The fourth-order valence-electron chi connectivity index (χ4n) is 1.70. The third-order valence-corrected chi connectivity index (χ3v) is 3.08. The fourth-order valence-corrected chi connectivity index (χ4v) is 1.70. The Kier molecular flexibility index (Phi) is 5.08. The van der Waals surface area contributed by atoms with E-state index in [0.29, 0.717) is 6.42 Å². The molecule has 0 spiro atoms. The maximum Gasteiger partial charge on any atom is 0.333 e. The maximum absolute atomic E-state index is 11.1. The number of nitro groups is 1. The molecule has 0 radical (unpaired) electrons. The van der Waals surface area contributed by atoms with Gasteiger partial charge in [0, 0.05) is 0 Å². The summed E-state index contributed by atoms with van der Waals surface area (Å²) < 4.78 is 4.96. The van der Waals surface area contributed by atoms with Gasteiger partial charge in [0.2, 0.25) is 0 Å². The predicted octanol–water partition coefficient (Wildman–Crippen LogP) is 1.15. The van der Waals surface area contributed by atoms with E-state index >= 15 is 0 Å². The average Bonchev–Trinajstić information content (AvgIpc) is 2.44. The molecule has 7 nitrogen and oxygen atoms in total. The number of ether oxygens (including phenoxy) is 1. The quantitative estimate of drug-likeness (QED) is 0.507. The molecule has 1 rings (SSSR count). The first-order valence-electron chi connectivity index (χ1n) is 5.85. The van der Waals surface area contributed by atoms with Crippen LogP contribution in [0.3, 0.4) is 0 Å². The van der Waals surface area contributed by atoms with E-state index in [1.807, 2.05) is 0 Å². The van der Waals surface area contributed by atoms with Crippen LogP contribution in [0.5, 0.6) is 5.75 Å². The molecule has 0 amide bonds. The van der Waals surface area contributed by atoms with Gasteiger partial charge in [-0.3, -0.25) is 10.1 Å². The van der Waals surface area contributed by atoms with Gasteiger partial charge in [-0.2, -0.15) is 0 Å². The topological polar surface area (TPSA) is 105 Å². The number of aliphatic hydroxyl groups is 2. The minimum Gasteiger partial charge on any atom is -0.490 e. The molecule has 106 valence electrons. The molecule has 0 atom stereocenters. The normalized spacial score (nSPS) is 11.2. The van der Waals surface area contributed by atoms with Crippen LogP contribution in [-0.4, -0.2) is 41.0 Å². The molecule has 0 aliphatic heterocycles. The van der Waals surface area contributed by atoms with Crippen molar-refractivity contribution in [1.29, 1.82) is 0 Å². The van der Waals surface area contributed by atoms with E-state index in [1.165, 1.54) is 19.2 Å². The van der Waals surface area contributed by atoms with Crippen LogP contribution in [0.4, 0.5) is 11.4 Å². The highest BCUT2D eigenvalue weighted by molar-refractivity contribution is 5.69. The van der Waals surface area contributed by atoms with Crippen molar-refractivity contribution in [3.63, 3.8) is 0 Å².